The quantitative estimate of drug-likeness (QED) is 0.669. The molecule has 1 aromatic carbocycles. The van der Waals surface area contributed by atoms with E-state index in [0.29, 0.717) is 11.3 Å². The number of anilines is 1. The van der Waals surface area contributed by atoms with Crippen molar-refractivity contribution in [3.63, 3.8) is 0 Å². The molecular formula is C13H20F3NOSi. The van der Waals surface area contributed by atoms with E-state index in [1.165, 1.54) is 18.2 Å². The second kappa shape index (κ2) is 4.83. The smallest absolute Gasteiger partial charge is 0.401 e. The van der Waals surface area contributed by atoms with Crippen LogP contribution in [0.3, 0.4) is 0 Å². The molecule has 0 aromatic heterocycles. The van der Waals surface area contributed by atoms with Crippen molar-refractivity contribution in [1.29, 1.82) is 0 Å². The first kappa shape index (κ1) is 16.0. The summed E-state index contributed by atoms with van der Waals surface area (Å²) in [6, 6.07) is 4.32. The number of rotatable bonds is 3. The molecular weight excluding hydrogens is 271 g/mol. The number of hydrogen-bond donors (Lipinski definition) is 1. The van der Waals surface area contributed by atoms with Crippen LogP contribution in [0.2, 0.25) is 19.6 Å². The molecule has 1 unspecified atom stereocenters. The van der Waals surface area contributed by atoms with Gasteiger partial charge in [-0.15, -0.1) is 0 Å². The molecule has 0 saturated carbocycles. The van der Waals surface area contributed by atoms with Crippen molar-refractivity contribution >= 4 is 14.0 Å². The molecule has 2 N–H and O–H groups in total. The van der Waals surface area contributed by atoms with Crippen molar-refractivity contribution in [2.45, 2.75) is 45.3 Å². The lowest BCUT2D eigenvalue weighted by atomic mass is 9.93. The predicted molar refractivity (Wildman–Crippen MR) is 73.4 cm³/mol. The normalized spacial score (nSPS) is 16.2. The second-order valence-electron chi connectivity index (χ2n) is 5.82. The van der Waals surface area contributed by atoms with Crippen LogP contribution in [0.15, 0.2) is 18.2 Å². The van der Waals surface area contributed by atoms with Crippen LogP contribution in [0.4, 0.5) is 18.9 Å². The van der Waals surface area contributed by atoms with E-state index in [1.807, 2.05) is 0 Å². The van der Waals surface area contributed by atoms with Gasteiger partial charge in [0.1, 0.15) is 0 Å². The molecule has 0 aliphatic heterocycles. The molecule has 2 nitrogen and oxygen atoms in total. The molecule has 1 aromatic rings. The van der Waals surface area contributed by atoms with Crippen molar-refractivity contribution in [2.75, 3.05) is 5.73 Å². The summed E-state index contributed by atoms with van der Waals surface area (Å²) in [5.41, 5.74) is 4.54. The number of hydrogen-bond acceptors (Lipinski definition) is 2. The lowest BCUT2D eigenvalue weighted by Gasteiger charge is -2.38. The Kier molecular flexibility index (Phi) is 4.08. The van der Waals surface area contributed by atoms with Gasteiger partial charge in [-0.1, -0.05) is 12.1 Å². The largest absolute Gasteiger partial charge is 0.420 e. The highest BCUT2D eigenvalue weighted by Gasteiger charge is 2.55. The number of halogens is 3. The van der Waals surface area contributed by atoms with E-state index in [4.69, 9.17) is 10.2 Å². The maximum Gasteiger partial charge on any atom is 0.420 e. The number of benzene rings is 1. The minimum Gasteiger partial charge on any atom is -0.401 e. The zero-order valence-corrected chi connectivity index (χ0v) is 12.9. The Bertz CT molecular complexity index is 468. The van der Waals surface area contributed by atoms with Gasteiger partial charge in [0, 0.05) is 5.69 Å². The molecule has 19 heavy (non-hydrogen) atoms. The standard InChI is InChI=1S/C13H20F3NOSi/c1-9-8-10(6-7-11(9)17)12(2,13(14,15)16)18-19(3,4)5/h6-8H,17H2,1-5H3. The van der Waals surface area contributed by atoms with Crippen LogP contribution < -0.4 is 5.73 Å². The summed E-state index contributed by atoms with van der Waals surface area (Å²) in [7, 11) is -2.37. The summed E-state index contributed by atoms with van der Waals surface area (Å²) in [6.45, 7) is 7.98. The van der Waals surface area contributed by atoms with E-state index in [1.54, 1.807) is 26.6 Å². The Balaban J connectivity index is 3.35. The first-order chi connectivity index (χ1) is 8.37. The lowest BCUT2D eigenvalue weighted by molar-refractivity contribution is -0.250. The highest BCUT2D eigenvalue weighted by atomic mass is 28.4. The first-order valence-corrected chi connectivity index (χ1v) is 9.41. The van der Waals surface area contributed by atoms with Gasteiger partial charge >= 0.3 is 6.18 Å². The monoisotopic (exact) mass is 291 g/mol. The van der Waals surface area contributed by atoms with E-state index in [9.17, 15) is 13.2 Å². The highest BCUT2D eigenvalue weighted by molar-refractivity contribution is 6.69. The van der Waals surface area contributed by atoms with E-state index in [2.05, 4.69) is 0 Å². The van der Waals surface area contributed by atoms with Gasteiger partial charge in [-0.2, -0.15) is 13.2 Å². The van der Waals surface area contributed by atoms with Crippen LogP contribution in [-0.2, 0) is 10.0 Å². The van der Waals surface area contributed by atoms with E-state index >= 15 is 0 Å². The van der Waals surface area contributed by atoms with Gasteiger partial charge in [0.25, 0.3) is 0 Å². The summed E-state index contributed by atoms with van der Waals surface area (Å²) >= 11 is 0. The third-order valence-corrected chi connectivity index (χ3v) is 3.89. The van der Waals surface area contributed by atoms with Crippen molar-refractivity contribution in [2.24, 2.45) is 0 Å². The molecule has 0 saturated heterocycles. The highest BCUT2D eigenvalue weighted by Crippen LogP contribution is 2.44. The van der Waals surface area contributed by atoms with Crippen LogP contribution in [0, 0.1) is 6.92 Å². The summed E-state index contributed by atoms with van der Waals surface area (Å²) in [5, 5.41) is 0. The minimum absolute atomic E-state index is 0.0918. The fourth-order valence-electron chi connectivity index (χ4n) is 1.87. The number of aryl methyl sites for hydroxylation is 1. The fourth-order valence-corrected chi connectivity index (χ4v) is 3.32. The predicted octanol–water partition coefficient (Wildman–Crippen LogP) is 4.21. The Hall–Kier alpha value is -1.01. The molecule has 1 rings (SSSR count). The molecule has 0 bridgehead atoms. The van der Waals surface area contributed by atoms with Crippen LogP contribution in [-0.4, -0.2) is 14.5 Å². The van der Waals surface area contributed by atoms with Crippen LogP contribution in [0.25, 0.3) is 0 Å². The number of alkyl halides is 3. The first-order valence-electron chi connectivity index (χ1n) is 6.00. The van der Waals surface area contributed by atoms with E-state index < -0.39 is 20.1 Å². The van der Waals surface area contributed by atoms with Gasteiger partial charge in [0.2, 0.25) is 0 Å². The Labute approximate surface area is 112 Å². The van der Waals surface area contributed by atoms with Gasteiger partial charge in [0.15, 0.2) is 13.9 Å². The molecule has 6 heteroatoms. The molecule has 108 valence electrons. The SMILES string of the molecule is Cc1cc(C(C)(O[Si](C)(C)C)C(F)(F)F)ccc1N. The van der Waals surface area contributed by atoms with Gasteiger partial charge < -0.3 is 10.2 Å². The molecule has 0 spiro atoms. The van der Waals surface area contributed by atoms with Crippen LogP contribution in [0.1, 0.15) is 18.1 Å². The maximum atomic E-state index is 13.4. The van der Waals surface area contributed by atoms with Crippen LogP contribution in [0.5, 0.6) is 0 Å². The molecule has 0 heterocycles. The van der Waals surface area contributed by atoms with Gasteiger partial charge in [-0.25, -0.2) is 0 Å². The Morgan fingerprint density at radius 1 is 1.16 bits per heavy atom. The molecule has 0 radical (unpaired) electrons. The summed E-state index contributed by atoms with van der Waals surface area (Å²) in [5.74, 6) is 0. The minimum atomic E-state index is -4.48. The average molecular weight is 291 g/mol. The molecule has 0 amide bonds. The maximum absolute atomic E-state index is 13.4. The van der Waals surface area contributed by atoms with Crippen molar-refractivity contribution in [3.05, 3.63) is 29.3 Å². The van der Waals surface area contributed by atoms with E-state index in [0.717, 1.165) is 6.92 Å². The van der Waals surface area contributed by atoms with Crippen molar-refractivity contribution in [3.8, 4) is 0 Å². The molecule has 0 fully saturated rings. The van der Waals surface area contributed by atoms with Crippen molar-refractivity contribution in [1.82, 2.24) is 0 Å². The van der Waals surface area contributed by atoms with Gasteiger partial charge in [-0.05, 0) is 50.7 Å². The third kappa shape index (κ3) is 3.51. The molecule has 0 aliphatic carbocycles. The summed E-state index contributed by atoms with van der Waals surface area (Å²) in [6.07, 6.45) is -4.48. The number of nitrogens with two attached hydrogens (primary N) is 1. The third-order valence-electron chi connectivity index (χ3n) is 2.87. The summed E-state index contributed by atoms with van der Waals surface area (Å²) < 4.78 is 45.7. The Morgan fingerprint density at radius 3 is 2.05 bits per heavy atom. The fraction of sp³-hybridized carbons (Fsp3) is 0.538. The van der Waals surface area contributed by atoms with Gasteiger partial charge in [0.05, 0.1) is 0 Å². The lowest BCUT2D eigenvalue weighted by Crippen LogP contribution is -2.48. The number of nitrogen functional groups attached to an aromatic ring is 1. The second-order valence-corrected chi connectivity index (χ2v) is 10.2. The van der Waals surface area contributed by atoms with E-state index in [-0.39, 0.29) is 5.56 Å². The zero-order valence-electron chi connectivity index (χ0n) is 11.9. The molecule has 0 aliphatic rings. The van der Waals surface area contributed by atoms with Crippen LogP contribution >= 0.6 is 0 Å². The Morgan fingerprint density at radius 2 is 1.68 bits per heavy atom. The summed E-state index contributed by atoms with van der Waals surface area (Å²) in [4.78, 5) is 0. The van der Waals surface area contributed by atoms with Crippen molar-refractivity contribution < 1.29 is 17.6 Å². The topological polar surface area (TPSA) is 35.2 Å². The van der Waals surface area contributed by atoms with Gasteiger partial charge in [-0.3, -0.25) is 0 Å². The molecule has 1 atom stereocenters. The zero-order chi connectivity index (χ0) is 15.1. The average Bonchev–Trinajstić information content (AvgIpc) is 2.17.